The number of piperidine rings is 1. The van der Waals surface area contributed by atoms with E-state index in [9.17, 15) is 4.79 Å². The number of methoxy groups -OCH3 is 1. The molecular formula is C31H35NO4. The van der Waals surface area contributed by atoms with Crippen LogP contribution in [0.3, 0.4) is 0 Å². The van der Waals surface area contributed by atoms with E-state index in [1.54, 1.807) is 7.11 Å². The molecule has 36 heavy (non-hydrogen) atoms. The van der Waals surface area contributed by atoms with Crippen LogP contribution in [0, 0.1) is 5.92 Å². The van der Waals surface area contributed by atoms with Crippen molar-refractivity contribution in [2.24, 2.45) is 5.92 Å². The first-order valence-electron chi connectivity index (χ1n) is 13.1. The number of amides is 1. The van der Waals surface area contributed by atoms with Crippen LogP contribution in [-0.4, -0.2) is 25.7 Å². The zero-order valence-electron chi connectivity index (χ0n) is 21.0. The average molecular weight is 486 g/mol. The van der Waals surface area contributed by atoms with Crippen LogP contribution in [0.2, 0.25) is 0 Å². The summed E-state index contributed by atoms with van der Waals surface area (Å²) in [7, 11) is 1.69. The highest BCUT2D eigenvalue weighted by molar-refractivity contribution is 5.80. The third-order valence-corrected chi connectivity index (χ3v) is 7.35. The summed E-state index contributed by atoms with van der Waals surface area (Å²) in [5, 5.41) is 3.14. The highest BCUT2D eigenvalue weighted by atomic mass is 16.5. The van der Waals surface area contributed by atoms with Gasteiger partial charge in [-0.1, -0.05) is 48.5 Å². The van der Waals surface area contributed by atoms with Gasteiger partial charge in [0.25, 0.3) is 0 Å². The van der Waals surface area contributed by atoms with Crippen LogP contribution >= 0.6 is 0 Å². The first-order chi connectivity index (χ1) is 17.7. The van der Waals surface area contributed by atoms with Gasteiger partial charge in [0.1, 0.15) is 12.4 Å². The van der Waals surface area contributed by atoms with Crippen molar-refractivity contribution in [2.75, 3.05) is 13.7 Å². The molecule has 5 nitrogen and oxygen atoms in total. The summed E-state index contributed by atoms with van der Waals surface area (Å²) in [5.74, 6) is 2.69. The Morgan fingerprint density at radius 2 is 1.69 bits per heavy atom. The summed E-state index contributed by atoms with van der Waals surface area (Å²) >= 11 is 0. The van der Waals surface area contributed by atoms with Crippen molar-refractivity contribution >= 4 is 5.91 Å². The Morgan fingerprint density at radius 3 is 2.50 bits per heavy atom. The fourth-order valence-electron chi connectivity index (χ4n) is 5.34. The van der Waals surface area contributed by atoms with Crippen LogP contribution in [0.5, 0.6) is 17.2 Å². The van der Waals surface area contributed by atoms with Gasteiger partial charge in [-0.05, 0) is 79.5 Å². The van der Waals surface area contributed by atoms with Gasteiger partial charge >= 0.3 is 0 Å². The number of hydrogen-bond acceptors (Lipinski definition) is 4. The first kappa shape index (κ1) is 24.2. The van der Waals surface area contributed by atoms with Crippen molar-refractivity contribution in [3.05, 3.63) is 89.5 Å². The standard InChI is InChI=1S/C31H35NO4/c1-34-29-15-14-24(19-30(29)36-27-11-5-6-12-27)26-18-25(31(33)32-20-26)16-23-10-7-13-28(17-23)35-21-22-8-3-2-4-9-22/h2-4,7-10,13-15,17,19,25-27H,5-6,11-12,16,18,20-21H2,1H3,(H,32,33). The topological polar surface area (TPSA) is 56.8 Å². The van der Waals surface area contributed by atoms with Gasteiger partial charge in [-0.25, -0.2) is 0 Å². The molecule has 0 spiro atoms. The Morgan fingerprint density at radius 1 is 0.889 bits per heavy atom. The van der Waals surface area contributed by atoms with Gasteiger partial charge in [0.05, 0.1) is 13.2 Å². The van der Waals surface area contributed by atoms with E-state index in [1.807, 2.05) is 36.4 Å². The molecule has 2 atom stereocenters. The molecule has 188 valence electrons. The number of rotatable bonds is 9. The molecule has 5 rings (SSSR count). The van der Waals surface area contributed by atoms with Gasteiger partial charge in [0.15, 0.2) is 11.5 Å². The molecule has 3 aromatic carbocycles. The molecule has 2 aliphatic rings. The fraction of sp³-hybridized carbons (Fsp3) is 0.387. The summed E-state index contributed by atoms with van der Waals surface area (Å²) in [6, 6.07) is 24.5. The van der Waals surface area contributed by atoms with Crippen LogP contribution in [0.1, 0.15) is 54.7 Å². The molecular weight excluding hydrogens is 450 g/mol. The van der Waals surface area contributed by atoms with E-state index in [4.69, 9.17) is 14.2 Å². The minimum Gasteiger partial charge on any atom is -0.493 e. The molecule has 0 bridgehead atoms. The normalized spacial score (nSPS) is 20.1. The Kier molecular flexibility index (Phi) is 7.75. The first-order valence-corrected chi connectivity index (χ1v) is 13.1. The summed E-state index contributed by atoms with van der Waals surface area (Å²) in [6.07, 6.45) is 6.40. The van der Waals surface area contributed by atoms with Crippen LogP contribution in [0.15, 0.2) is 72.8 Å². The van der Waals surface area contributed by atoms with E-state index in [0.717, 1.165) is 47.6 Å². The molecule has 5 heteroatoms. The second kappa shape index (κ2) is 11.5. The molecule has 1 aliphatic carbocycles. The lowest BCUT2D eigenvalue weighted by molar-refractivity contribution is -0.126. The number of carbonyl (C=O) groups is 1. The van der Waals surface area contributed by atoms with Crippen molar-refractivity contribution in [3.8, 4) is 17.2 Å². The van der Waals surface area contributed by atoms with E-state index < -0.39 is 0 Å². The molecule has 2 fully saturated rings. The summed E-state index contributed by atoms with van der Waals surface area (Å²) in [6.45, 7) is 1.17. The van der Waals surface area contributed by atoms with Crippen molar-refractivity contribution in [2.45, 2.75) is 57.2 Å². The van der Waals surface area contributed by atoms with Crippen molar-refractivity contribution in [3.63, 3.8) is 0 Å². The number of carbonyl (C=O) groups excluding carboxylic acids is 1. The van der Waals surface area contributed by atoms with Crippen molar-refractivity contribution < 1.29 is 19.0 Å². The second-order valence-corrected chi connectivity index (χ2v) is 9.94. The van der Waals surface area contributed by atoms with Crippen molar-refractivity contribution in [1.29, 1.82) is 0 Å². The summed E-state index contributed by atoms with van der Waals surface area (Å²) in [4.78, 5) is 12.8. The molecule has 1 saturated heterocycles. The van der Waals surface area contributed by atoms with E-state index in [2.05, 4.69) is 41.7 Å². The second-order valence-electron chi connectivity index (χ2n) is 9.94. The Balaban J connectivity index is 1.25. The van der Waals surface area contributed by atoms with Gasteiger partial charge in [-0.3, -0.25) is 4.79 Å². The highest BCUT2D eigenvalue weighted by Gasteiger charge is 2.30. The maximum atomic E-state index is 12.8. The van der Waals surface area contributed by atoms with E-state index in [1.165, 1.54) is 18.4 Å². The van der Waals surface area contributed by atoms with E-state index in [0.29, 0.717) is 19.6 Å². The molecule has 0 aromatic heterocycles. The van der Waals surface area contributed by atoms with Gasteiger partial charge in [0.2, 0.25) is 5.91 Å². The molecule has 1 amide bonds. The number of ether oxygens (including phenoxy) is 3. The smallest absolute Gasteiger partial charge is 0.223 e. The zero-order chi connectivity index (χ0) is 24.7. The lowest BCUT2D eigenvalue weighted by Gasteiger charge is -2.30. The molecule has 1 aliphatic heterocycles. The Bertz CT molecular complexity index is 1160. The molecule has 1 heterocycles. The van der Waals surface area contributed by atoms with Crippen molar-refractivity contribution in [1.82, 2.24) is 5.32 Å². The maximum Gasteiger partial charge on any atom is 0.223 e. The molecule has 0 radical (unpaired) electrons. The van der Waals surface area contributed by atoms with E-state index in [-0.39, 0.29) is 23.8 Å². The maximum absolute atomic E-state index is 12.8. The molecule has 1 saturated carbocycles. The summed E-state index contributed by atoms with van der Waals surface area (Å²) < 4.78 is 17.9. The minimum absolute atomic E-state index is 0.0885. The number of benzene rings is 3. The SMILES string of the molecule is COc1ccc(C2CNC(=O)C(Cc3cccc(OCc4ccccc4)c3)C2)cc1OC1CCCC1. The van der Waals surface area contributed by atoms with Crippen LogP contribution in [-0.2, 0) is 17.8 Å². The van der Waals surface area contributed by atoms with Gasteiger partial charge in [0, 0.05) is 18.4 Å². The quantitative estimate of drug-likeness (QED) is 0.400. The average Bonchev–Trinajstić information content (AvgIpc) is 3.43. The largest absolute Gasteiger partial charge is 0.493 e. The monoisotopic (exact) mass is 485 g/mol. The predicted molar refractivity (Wildman–Crippen MR) is 141 cm³/mol. The Hall–Kier alpha value is -3.47. The van der Waals surface area contributed by atoms with Gasteiger partial charge in [-0.2, -0.15) is 0 Å². The third-order valence-electron chi connectivity index (χ3n) is 7.35. The lowest BCUT2D eigenvalue weighted by atomic mass is 9.82. The molecule has 3 aromatic rings. The van der Waals surface area contributed by atoms with Gasteiger partial charge < -0.3 is 19.5 Å². The lowest BCUT2D eigenvalue weighted by Crippen LogP contribution is -2.41. The fourth-order valence-corrected chi connectivity index (χ4v) is 5.34. The minimum atomic E-state index is -0.0885. The molecule has 2 unspecified atom stereocenters. The van der Waals surface area contributed by atoms with Crippen LogP contribution in [0.25, 0.3) is 0 Å². The zero-order valence-corrected chi connectivity index (χ0v) is 21.0. The number of hydrogen-bond donors (Lipinski definition) is 1. The van der Waals surface area contributed by atoms with Gasteiger partial charge in [-0.15, -0.1) is 0 Å². The third kappa shape index (κ3) is 6.01. The van der Waals surface area contributed by atoms with E-state index >= 15 is 0 Å². The highest BCUT2D eigenvalue weighted by Crippen LogP contribution is 2.37. The predicted octanol–water partition coefficient (Wildman–Crippen LogP) is 6.06. The summed E-state index contributed by atoms with van der Waals surface area (Å²) in [5.41, 5.74) is 3.43. The van der Waals surface area contributed by atoms with Crippen LogP contribution < -0.4 is 19.5 Å². The Labute approximate surface area is 213 Å². The molecule has 1 N–H and O–H groups in total. The van der Waals surface area contributed by atoms with Crippen LogP contribution in [0.4, 0.5) is 0 Å². The number of nitrogens with one attached hydrogen (secondary N) is 1.